The molecule has 0 aromatic heterocycles. The van der Waals surface area contributed by atoms with Crippen molar-refractivity contribution in [1.82, 2.24) is 0 Å². The lowest BCUT2D eigenvalue weighted by atomic mass is 9.69. The van der Waals surface area contributed by atoms with Crippen LogP contribution in [-0.2, 0) is 15.6 Å². The Morgan fingerprint density at radius 2 is 1.60 bits per heavy atom. The predicted octanol–water partition coefficient (Wildman–Crippen LogP) is 5.64. The van der Waals surface area contributed by atoms with Gasteiger partial charge in [-0.25, -0.2) is 0 Å². The number of nitriles is 2. The first-order chi connectivity index (χ1) is 14.2. The van der Waals surface area contributed by atoms with E-state index in [0.29, 0.717) is 11.3 Å². The van der Waals surface area contributed by atoms with Crippen LogP contribution in [-0.4, -0.2) is 13.1 Å². The molecule has 152 valence electrons. The molecule has 0 spiro atoms. The second kappa shape index (κ2) is 7.22. The van der Waals surface area contributed by atoms with Gasteiger partial charge in [-0.05, 0) is 70.7 Å². The summed E-state index contributed by atoms with van der Waals surface area (Å²) < 4.78 is 5.58. The van der Waals surface area contributed by atoms with Crippen LogP contribution in [0.4, 0.5) is 5.69 Å². The van der Waals surface area contributed by atoms with E-state index in [-0.39, 0.29) is 16.4 Å². The fourth-order valence-corrected chi connectivity index (χ4v) is 4.56. The van der Waals surface area contributed by atoms with Crippen LogP contribution in [0.1, 0.15) is 57.2 Å². The first kappa shape index (κ1) is 20.0. The first-order valence-corrected chi connectivity index (χ1v) is 10.5. The number of nitrogens with zero attached hydrogens (tertiary/aromatic N) is 3. The Bertz CT molecular complexity index is 1040. The van der Waals surface area contributed by atoms with Crippen molar-refractivity contribution in [3.05, 3.63) is 70.2 Å². The predicted molar refractivity (Wildman–Crippen MR) is 120 cm³/mol. The summed E-state index contributed by atoms with van der Waals surface area (Å²) in [5.74, 6) is 0.613. The summed E-state index contributed by atoms with van der Waals surface area (Å²) >= 11 is 0. The van der Waals surface area contributed by atoms with Crippen molar-refractivity contribution in [3.63, 3.8) is 0 Å². The van der Waals surface area contributed by atoms with Gasteiger partial charge in [-0.15, -0.1) is 0 Å². The number of rotatable bonds is 2. The third-order valence-electron chi connectivity index (χ3n) is 6.62. The fourth-order valence-electron chi connectivity index (χ4n) is 4.56. The molecule has 0 saturated carbocycles. The van der Waals surface area contributed by atoms with Crippen molar-refractivity contribution in [2.45, 2.75) is 51.4 Å². The number of ether oxygens (including phenoxy) is 1. The van der Waals surface area contributed by atoms with Gasteiger partial charge < -0.3 is 9.64 Å². The van der Waals surface area contributed by atoms with Crippen LogP contribution >= 0.6 is 0 Å². The van der Waals surface area contributed by atoms with E-state index in [0.717, 1.165) is 31.5 Å². The number of allylic oxidation sites excluding steroid dienone is 5. The molecule has 0 unspecified atom stereocenters. The zero-order valence-corrected chi connectivity index (χ0v) is 18.1. The summed E-state index contributed by atoms with van der Waals surface area (Å²) in [5, 5.41) is 18.2. The van der Waals surface area contributed by atoms with Gasteiger partial charge >= 0.3 is 0 Å². The first-order valence-electron chi connectivity index (χ1n) is 10.5. The number of benzene rings is 1. The molecule has 0 aliphatic carbocycles. The number of anilines is 1. The minimum Gasteiger partial charge on any atom is -0.465 e. The summed E-state index contributed by atoms with van der Waals surface area (Å²) in [7, 11) is 0. The summed E-state index contributed by atoms with van der Waals surface area (Å²) in [4.78, 5) is 2.56. The smallest absolute Gasteiger partial charge is 0.137 e. The highest BCUT2D eigenvalue weighted by atomic mass is 16.5. The van der Waals surface area contributed by atoms with Crippen LogP contribution in [0.25, 0.3) is 6.08 Å². The lowest BCUT2D eigenvalue weighted by molar-refractivity contribution is 0.364. The molecule has 30 heavy (non-hydrogen) atoms. The van der Waals surface area contributed by atoms with Crippen LogP contribution in [0.15, 0.2) is 53.5 Å². The summed E-state index contributed by atoms with van der Waals surface area (Å²) in [6, 6.07) is 8.49. The zero-order valence-electron chi connectivity index (χ0n) is 18.1. The van der Waals surface area contributed by atoms with Gasteiger partial charge in [-0.2, -0.15) is 10.5 Å². The van der Waals surface area contributed by atoms with Crippen molar-refractivity contribution in [1.29, 1.82) is 10.5 Å². The van der Waals surface area contributed by atoms with Crippen molar-refractivity contribution < 1.29 is 4.74 Å². The lowest BCUT2D eigenvalue weighted by Crippen LogP contribution is -2.44. The minimum absolute atomic E-state index is 0.0854. The topological polar surface area (TPSA) is 60.0 Å². The lowest BCUT2D eigenvalue weighted by Gasteiger charge is -2.48. The van der Waals surface area contributed by atoms with E-state index < -0.39 is 0 Å². The van der Waals surface area contributed by atoms with Crippen LogP contribution in [0.5, 0.6) is 0 Å². The van der Waals surface area contributed by atoms with Gasteiger partial charge in [0.25, 0.3) is 0 Å². The molecule has 4 heteroatoms. The Morgan fingerprint density at radius 3 is 2.17 bits per heavy atom. The van der Waals surface area contributed by atoms with E-state index in [2.05, 4.69) is 50.8 Å². The molecule has 0 radical (unpaired) electrons. The van der Waals surface area contributed by atoms with Crippen LogP contribution < -0.4 is 4.90 Å². The van der Waals surface area contributed by atoms with Crippen LogP contribution in [0, 0.1) is 22.7 Å². The van der Waals surface area contributed by atoms with E-state index in [1.54, 1.807) is 12.2 Å². The molecule has 4 rings (SSSR count). The van der Waals surface area contributed by atoms with Gasteiger partial charge in [0.2, 0.25) is 0 Å². The second-order valence-corrected chi connectivity index (χ2v) is 9.57. The Kier molecular flexibility index (Phi) is 4.83. The highest BCUT2D eigenvalue weighted by molar-refractivity contribution is 5.72. The molecule has 4 nitrogen and oxygen atoms in total. The Labute approximate surface area is 179 Å². The molecular weight excluding hydrogens is 370 g/mol. The Morgan fingerprint density at radius 1 is 1.00 bits per heavy atom. The quantitative estimate of drug-likeness (QED) is 0.606. The largest absolute Gasteiger partial charge is 0.465 e. The van der Waals surface area contributed by atoms with E-state index in [1.165, 1.54) is 23.1 Å². The van der Waals surface area contributed by atoms with Crippen LogP contribution in [0.2, 0.25) is 0 Å². The molecule has 1 aromatic carbocycles. The average molecular weight is 398 g/mol. The molecule has 3 aliphatic heterocycles. The molecule has 1 aromatic rings. The molecular formula is C26H27N3O. The molecule has 0 fully saturated rings. The van der Waals surface area contributed by atoms with Crippen molar-refractivity contribution >= 4 is 11.8 Å². The van der Waals surface area contributed by atoms with Gasteiger partial charge in [-0.3, -0.25) is 0 Å². The summed E-state index contributed by atoms with van der Waals surface area (Å²) in [5.41, 5.74) is 6.39. The van der Waals surface area contributed by atoms with Crippen molar-refractivity contribution in [2.24, 2.45) is 0 Å². The third-order valence-corrected chi connectivity index (χ3v) is 6.62. The normalized spacial score (nSPS) is 20.7. The van der Waals surface area contributed by atoms with Crippen molar-refractivity contribution in [3.8, 4) is 12.1 Å². The SMILES string of the molecule is CC1(C)CCN2CCC(C)(C)c3cc(/C=C/C4=CC(=C(C#N)C#N)C=CO4)cc1c32. The maximum atomic E-state index is 9.11. The summed E-state index contributed by atoms with van der Waals surface area (Å²) in [6.07, 6.45) is 11.2. The number of hydrogen-bond acceptors (Lipinski definition) is 4. The van der Waals surface area contributed by atoms with Gasteiger partial charge in [0.05, 0.1) is 6.26 Å². The molecule has 3 heterocycles. The molecule has 0 amide bonds. The Balaban J connectivity index is 1.76. The van der Waals surface area contributed by atoms with Gasteiger partial charge in [-0.1, -0.05) is 33.8 Å². The standard InChI is InChI=1S/C26H27N3O/c1-25(2)8-10-29-11-9-26(3,4)23-14-18(13-22(25)24(23)29)5-6-21-15-19(7-12-30-21)20(16-27)17-28/h5-7,12-15H,8-11H2,1-4H3/b6-5+. The van der Waals surface area contributed by atoms with Crippen LogP contribution in [0.3, 0.4) is 0 Å². The van der Waals surface area contributed by atoms with Crippen molar-refractivity contribution in [2.75, 3.05) is 18.0 Å². The molecule has 0 saturated heterocycles. The Hall–Kier alpha value is -3.24. The minimum atomic E-state index is 0.0854. The maximum absolute atomic E-state index is 9.11. The maximum Gasteiger partial charge on any atom is 0.137 e. The fraction of sp³-hybridized carbons (Fsp3) is 0.385. The molecule has 0 N–H and O–H groups in total. The van der Waals surface area contributed by atoms with Gasteiger partial charge in [0.1, 0.15) is 23.5 Å². The van der Waals surface area contributed by atoms with Gasteiger partial charge in [0.15, 0.2) is 0 Å². The number of hydrogen-bond donors (Lipinski definition) is 0. The highest BCUT2D eigenvalue weighted by Gasteiger charge is 2.39. The van der Waals surface area contributed by atoms with E-state index in [4.69, 9.17) is 15.3 Å². The second-order valence-electron chi connectivity index (χ2n) is 9.57. The summed E-state index contributed by atoms with van der Waals surface area (Å²) in [6.45, 7) is 11.6. The highest BCUT2D eigenvalue weighted by Crippen LogP contribution is 2.49. The van der Waals surface area contributed by atoms with E-state index in [9.17, 15) is 0 Å². The monoisotopic (exact) mass is 397 g/mol. The van der Waals surface area contributed by atoms with E-state index in [1.807, 2.05) is 18.2 Å². The van der Waals surface area contributed by atoms with E-state index >= 15 is 0 Å². The average Bonchev–Trinajstić information content (AvgIpc) is 2.72. The molecule has 3 aliphatic rings. The van der Waals surface area contributed by atoms with Gasteiger partial charge in [0, 0.05) is 24.4 Å². The molecule has 0 atom stereocenters. The zero-order chi connectivity index (χ0) is 21.5. The molecule has 0 bridgehead atoms. The third kappa shape index (κ3) is 3.44.